The molecule has 0 amide bonds. The molecule has 0 saturated carbocycles. The molecule has 3 aromatic rings. The second kappa shape index (κ2) is 6.86. The quantitative estimate of drug-likeness (QED) is 0.369. The lowest BCUT2D eigenvalue weighted by Crippen LogP contribution is -2.14. The molecule has 160 valence electrons. The van der Waals surface area contributed by atoms with E-state index in [9.17, 15) is 26.3 Å². The fourth-order valence-corrected chi connectivity index (χ4v) is 3.82. The molecule has 3 N–H and O–H groups in total. The van der Waals surface area contributed by atoms with E-state index in [1.807, 2.05) is 0 Å². The van der Waals surface area contributed by atoms with Gasteiger partial charge in [-0.2, -0.15) is 26.3 Å². The average molecular weight is 476 g/mol. The number of nitrogens with two attached hydrogens (primary N) is 1. The van der Waals surface area contributed by atoms with Gasteiger partial charge in [0.25, 0.3) is 0 Å². The molecule has 3 aromatic carbocycles. The molecule has 4 rings (SSSR count). The summed E-state index contributed by atoms with van der Waals surface area (Å²) in [4.78, 5) is 3.82. The van der Waals surface area contributed by atoms with Crippen molar-refractivity contribution in [2.45, 2.75) is 12.4 Å². The molecule has 1 heterocycles. The lowest BCUT2D eigenvalue weighted by Gasteiger charge is -2.18. The van der Waals surface area contributed by atoms with Gasteiger partial charge < -0.3 is 5.73 Å². The maximum Gasteiger partial charge on any atom is 0.416 e. The second-order valence-electron chi connectivity index (χ2n) is 6.80. The summed E-state index contributed by atoms with van der Waals surface area (Å²) in [6.07, 6.45) is -10.1. The highest BCUT2D eigenvalue weighted by atomic mass is 35.5. The normalized spacial score (nSPS) is 14.2. The van der Waals surface area contributed by atoms with Gasteiger partial charge in [0, 0.05) is 16.7 Å². The van der Waals surface area contributed by atoms with Crippen molar-refractivity contribution < 1.29 is 26.3 Å². The summed E-state index contributed by atoms with van der Waals surface area (Å²) in [7, 11) is 0. The van der Waals surface area contributed by atoms with Gasteiger partial charge in [0.2, 0.25) is 0 Å². The Balaban J connectivity index is 2.18. The Labute approximate surface area is 180 Å². The lowest BCUT2D eigenvalue weighted by molar-refractivity contribution is -0.143. The Hall–Kier alpha value is -2.78. The Morgan fingerprint density at radius 3 is 1.87 bits per heavy atom. The van der Waals surface area contributed by atoms with Crippen molar-refractivity contribution >= 4 is 45.6 Å². The van der Waals surface area contributed by atoms with Crippen LogP contribution in [0.1, 0.15) is 22.3 Å². The first kappa shape index (κ1) is 21.5. The predicted molar refractivity (Wildman–Crippen MR) is 107 cm³/mol. The number of nitrogens with one attached hydrogen (secondary N) is 1. The summed E-state index contributed by atoms with van der Waals surface area (Å²) in [6.45, 7) is 0. The molecule has 0 unspecified atom stereocenters. The van der Waals surface area contributed by atoms with Crippen LogP contribution in [0.15, 0.2) is 41.4 Å². The summed E-state index contributed by atoms with van der Waals surface area (Å²) in [5.74, 6) is -0.473. The summed E-state index contributed by atoms with van der Waals surface area (Å²) in [6, 6.07) is 5.46. The number of benzene rings is 3. The van der Waals surface area contributed by atoms with Crippen molar-refractivity contribution in [2.75, 3.05) is 0 Å². The summed E-state index contributed by atoms with van der Waals surface area (Å²) in [5, 5.41) is 8.72. The summed E-state index contributed by atoms with van der Waals surface area (Å²) < 4.78 is 80.4. The first-order valence-electron chi connectivity index (χ1n) is 8.46. The van der Waals surface area contributed by atoms with Gasteiger partial charge >= 0.3 is 12.4 Å². The van der Waals surface area contributed by atoms with E-state index in [0.29, 0.717) is 17.5 Å². The molecule has 1 aliphatic heterocycles. The van der Waals surface area contributed by atoms with Crippen LogP contribution in [-0.2, 0) is 12.4 Å². The minimum absolute atomic E-state index is 0.0399. The number of alkyl halides is 6. The van der Waals surface area contributed by atoms with Crippen LogP contribution < -0.4 is 5.73 Å². The Morgan fingerprint density at radius 2 is 1.32 bits per heavy atom. The number of fused-ring (bicyclic) bond motifs is 2. The molecule has 0 fully saturated rings. The van der Waals surface area contributed by atoms with Crippen molar-refractivity contribution in [1.82, 2.24) is 0 Å². The van der Waals surface area contributed by atoms with E-state index in [0.717, 1.165) is 0 Å². The largest absolute Gasteiger partial charge is 0.416 e. The van der Waals surface area contributed by atoms with Crippen LogP contribution in [0, 0.1) is 5.41 Å². The van der Waals surface area contributed by atoms with E-state index in [-0.39, 0.29) is 49.9 Å². The summed E-state index contributed by atoms with van der Waals surface area (Å²) in [5.41, 5.74) is 2.70. The van der Waals surface area contributed by atoms with Gasteiger partial charge in [0.15, 0.2) is 5.84 Å². The SMILES string of the molecule is N=C1N=C(N)c2c1cc1cc(Cl)c(Cl)cc1c2-c1cc(C(F)(F)F)cc(C(F)(F)F)c1. The molecular formula is C20H9Cl2F6N3. The summed E-state index contributed by atoms with van der Waals surface area (Å²) >= 11 is 12.1. The standard InChI is InChI=1S/C20H9Cl2F6N3/c21-13-4-7-3-12-16(18(30)31-17(12)29)15(11(7)6-14(13)22)8-1-9(19(23,24)25)5-10(2-8)20(26,27)28/h1-6H,(H3,29,30,31). The number of amidine groups is 2. The molecule has 0 atom stereocenters. The number of nitrogens with zero attached hydrogens (tertiary/aromatic N) is 1. The van der Waals surface area contributed by atoms with Gasteiger partial charge in [-0.05, 0) is 52.7 Å². The highest BCUT2D eigenvalue weighted by Gasteiger charge is 2.38. The van der Waals surface area contributed by atoms with Gasteiger partial charge in [0.05, 0.1) is 21.2 Å². The monoisotopic (exact) mass is 475 g/mol. The molecule has 0 spiro atoms. The topological polar surface area (TPSA) is 62.2 Å². The van der Waals surface area contributed by atoms with Crippen LogP contribution in [0.25, 0.3) is 21.9 Å². The minimum Gasteiger partial charge on any atom is -0.383 e. The van der Waals surface area contributed by atoms with Gasteiger partial charge in [-0.15, -0.1) is 0 Å². The van der Waals surface area contributed by atoms with E-state index >= 15 is 0 Å². The first-order chi connectivity index (χ1) is 14.3. The van der Waals surface area contributed by atoms with E-state index in [1.165, 1.54) is 18.2 Å². The maximum atomic E-state index is 13.4. The van der Waals surface area contributed by atoms with Crippen molar-refractivity contribution in [3.05, 3.63) is 68.7 Å². The van der Waals surface area contributed by atoms with Crippen LogP contribution in [0.5, 0.6) is 0 Å². The molecule has 1 aliphatic rings. The maximum absolute atomic E-state index is 13.4. The smallest absolute Gasteiger partial charge is 0.383 e. The van der Waals surface area contributed by atoms with Gasteiger partial charge in [-0.3, -0.25) is 5.41 Å². The number of rotatable bonds is 1. The van der Waals surface area contributed by atoms with E-state index < -0.39 is 29.0 Å². The van der Waals surface area contributed by atoms with E-state index in [4.69, 9.17) is 34.3 Å². The van der Waals surface area contributed by atoms with Crippen LogP contribution in [-0.4, -0.2) is 11.7 Å². The predicted octanol–water partition coefficient (Wildman–Crippen LogP) is 6.90. The zero-order valence-electron chi connectivity index (χ0n) is 15.0. The van der Waals surface area contributed by atoms with Crippen LogP contribution in [0.3, 0.4) is 0 Å². The van der Waals surface area contributed by atoms with Crippen LogP contribution >= 0.6 is 23.2 Å². The Morgan fingerprint density at radius 1 is 0.774 bits per heavy atom. The van der Waals surface area contributed by atoms with E-state index in [1.54, 1.807) is 0 Å². The molecule has 3 nitrogen and oxygen atoms in total. The fourth-order valence-electron chi connectivity index (χ4n) is 3.48. The number of hydrogen-bond acceptors (Lipinski definition) is 2. The number of halogens is 8. The third-order valence-corrected chi connectivity index (χ3v) is 5.52. The van der Waals surface area contributed by atoms with Crippen molar-refractivity contribution in [3.8, 4) is 11.1 Å². The molecule has 11 heteroatoms. The van der Waals surface area contributed by atoms with Gasteiger partial charge in [-0.25, -0.2) is 4.99 Å². The molecule has 0 aromatic heterocycles. The number of hydrogen-bond donors (Lipinski definition) is 2. The molecule has 0 bridgehead atoms. The van der Waals surface area contributed by atoms with E-state index in [2.05, 4.69) is 4.99 Å². The molecular weight excluding hydrogens is 467 g/mol. The van der Waals surface area contributed by atoms with Crippen molar-refractivity contribution in [2.24, 2.45) is 10.7 Å². The highest BCUT2D eigenvalue weighted by Crippen LogP contribution is 2.44. The zero-order chi connectivity index (χ0) is 22.9. The van der Waals surface area contributed by atoms with Gasteiger partial charge in [0.1, 0.15) is 5.84 Å². The molecule has 0 saturated heterocycles. The van der Waals surface area contributed by atoms with Gasteiger partial charge in [-0.1, -0.05) is 23.2 Å². The third kappa shape index (κ3) is 3.61. The zero-order valence-corrected chi connectivity index (χ0v) is 16.5. The fraction of sp³-hybridized carbons (Fsp3) is 0.100. The Bertz CT molecular complexity index is 1280. The average Bonchev–Trinajstić information content (AvgIpc) is 2.93. The minimum atomic E-state index is -5.03. The Kier molecular flexibility index (Phi) is 4.75. The first-order valence-corrected chi connectivity index (χ1v) is 9.22. The van der Waals surface area contributed by atoms with Crippen LogP contribution in [0.4, 0.5) is 26.3 Å². The molecule has 0 aliphatic carbocycles. The third-order valence-electron chi connectivity index (χ3n) is 4.80. The second-order valence-corrected chi connectivity index (χ2v) is 7.62. The number of aliphatic imine (C=N–C) groups is 1. The highest BCUT2D eigenvalue weighted by molar-refractivity contribution is 6.43. The molecule has 0 radical (unpaired) electrons. The van der Waals surface area contributed by atoms with Crippen molar-refractivity contribution in [1.29, 1.82) is 5.41 Å². The van der Waals surface area contributed by atoms with Crippen molar-refractivity contribution in [3.63, 3.8) is 0 Å². The van der Waals surface area contributed by atoms with Crippen LogP contribution in [0.2, 0.25) is 10.0 Å². The molecule has 31 heavy (non-hydrogen) atoms. The lowest BCUT2D eigenvalue weighted by atomic mass is 9.88.